The van der Waals surface area contributed by atoms with Gasteiger partial charge in [0.1, 0.15) is 5.54 Å². The van der Waals surface area contributed by atoms with Crippen LogP contribution in [-0.4, -0.2) is 40.5 Å². The van der Waals surface area contributed by atoms with Gasteiger partial charge in [-0.2, -0.15) is 11.8 Å². The average Bonchev–Trinajstić information content (AvgIpc) is 2.15. The molecule has 0 unspecified atom stereocenters. The number of hydrogen-bond donors (Lipinski definition) is 3. The number of aliphatic carboxylic acids is 1. The highest BCUT2D eigenvalue weighted by Crippen LogP contribution is 2.20. The fraction of sp³-hybridized carbons (Fsp3) is 0.800. The van der Waals surface area contributed by atoms with Crippen LogP contribution in [0.3, 0.4) is 0 Å². The summed E-state index contributed by atoms with van der Waals surface area (Å²) in [6.45, 7) is 5.96. The molecule has 0 aliphatic carbocycles. The quantitative estimate of drug-likeness (QED) is 0.346. The second kappa shape index (κ2) is 6.75. The van der Waals surface area contributed by atoms with Gasteiger partial charge in [0.2, 0.25) is 0 Å². The zero-order valence-electron chi connectivity index (χ0n) is 10.1. The van der Waals surface area contributed by atoms with Crippen LogP contribution in [-0.2, 0) is 4.79 Å². The van der Waals surface area contributed by atoms with Gasteiger partial charge in [0.25, 0.3) is 0 Å². The zero-order valence-corrected chi connectivity index (χ0v) is 10.9. The monoisotopic (exact) mass is 247 g/mol. The molecular formula is C10H21N3O2S. The van der Waals surface area contributed by atoms with Crippen molar-refractivity contribution in [1.29, 1.82) is 0 Å². The summed E-state index contributed by atoms with van der Waals surface area (Å²) >= 11 is 1.49. The second-order valence-electron chi connectivity index (χ2n) is 4.08. The molecule has 5 N–H and O–H groups in total. The van der Waals surface area contributed by atoms with Crippen molar-refractivity contribution >= 4 is 23.6 Å². The number of hydrogen-bond acceptors (Lipinski definition) is 4. The first kappa shape index (κ1) is 15.2. The maximum Gasteiger partial charge on any atom is 0.324 e. The minimum Gasteiger partial charge on any atom is -0.480 e. The maximum atomic E-state index is 11.0. The van der Waals surface area contributed by atoms with Crippen LogP contribution in [0.4, 0.5) is 0 Å². The highest BCUT2D eigenvalue weighted by molar-refractivity contribution is 7.99. The molecule has 0 aromatic carbocycles. The van der Waals surface area contributed by atoms with E-state index in [9.17, 15) is 4.79 Å². The number of rotatable bonds is 7. The third-order valence-electron chi connectivity index (χ3n) is 2.37. The van der Waals surface area contributed by atoms with Crippen LogP contribution >= 0.6 is 11.8 Å². The predicted molar refractivity (Wildman–Crippen MR) is 68.9 cm³/mol. The number of nitrogens with two attached hydrogens (primary N) is 2. The molecule has 1 atom stereocenters. The molecule has 16 heavy (non-hydrogen) atoms. The summed E-state index contributed by atoms with van der Waals surface area (Å²) < 4.78 is 0. The first-order valence-corrected chi connectivity index (χ1v) is 6.32. The Hall–Kier alpha value is -0.750. The van der Waals surface area contributed by atoms with Crippen molar-refractivity contribution in [3.05, 3.63) is 0 Å². The van der Waals surface area contributed by atoms with E-state index < -0.39 is 11.5 Å². The van der Waals surface area contributed by atoms with Crippen LogP contribution in [0.25, 0.3) is 0 Å². The number of amidine groups is 1. The summed E-state index contributed by atoms with van der Waals surface area (Å²) in [5.41, 5.74) is 10.1. The molecule has 0 saturated carbocycles. The Kier molecular flexibility index (Phi) is 6.43. The lowest BCUT2D eigenvalue weighted by atomic mass is 9.90. The van der Waals surface area contributed by atoms with Crippen LogP contribution in [0.15, 0.2) is 4.99 Å². The molecular weight excluding hydrogens is 226 g/mol. The molecule has 0 aliphatic heterocycles. The van der Waals surface area contributed by atoms with Crippen molar-refractivity contribution in [1.82, 2.24) is 0 Å². The van der Waals surface area contributed by atoms with Crippen LogP contribution < -0.4 is 11.5 Å². The number of carboxylic acid groups (broad SMARTS) is 1. The lowest BCUT2D eigenvalue weighted by Crippen LogP contribution is -2.54. The van der Waals surface area contributed by atoms with Gasteiger partial charge < -0.3 is 16.6 Å². The fourth-order valence-electron chi connectivity index (χ4n) is 1.00. The molecule has 0 aromatic rings. The van der Waals surface area contributed by atoms with Crippen molar-refractivity contribution in [2.45, 2.75) is 26.3 Å². The Labute approximate surface area is 101 Å². The first-order chi connectivity index (χ1) is 7.30. The van der Waals surface area contributed by atoms with Gasteiger partial charge in [0.05, 0.1) is 5.84 Å². The molecule has 0 aliphatic rings. The first-order valence-electron chi connectivity index (χ1n) is 5.17. The summed E-state index contributed by atoms with van der Waals surface area (Å²) in [6.07, 6.45) is 0. The summed E-state index contributed by atoms with van der Waals surface area (Å²) in [5, 5.41) is 9.06. The summed E-state index contributed by atoms with van der Waals surface area (Å²) in [6, 6.07) is 0. The molecule has 0 amide bonds. The number of aliphatic imine (C=N–C) groups is 1. The van der Waals surface area contributed by atoms with E-state index in [-0.39, 0.29) is 5.92 Å². The van der Waals surface area contributed by atoms with Crippen molar-refractivity contribution < 1.29 is 9.90 Å². The number of nitrogens with zero attached hydrogens (tertiary/aromatic N) is 1. The summed E-state index contributed by atoms with van der Waals surface area (Å²) in [4.78, 5) is 15.1. The van der Waals surface area contributed by atoms with Crippen molar-refractivity contribution in [2.75, 3.05) is 18.1 Å². The summed E-state index contributed by atoms with van der Waals surface area (Å²) in [7, 11) is 0. The van der Waals surface area contributed by atoms with Gasteiger partial charge in [0, 0.05) is 18.1 Å². The van der Waals surface area contributed by atoms with Gasteiger partial charge in [-0.15, -0.1) is 0 Å². The van der Waals surface area contributed by atoms with E-state index in [2.05, 4.69) is 4.99 Å². The van der Waals surface area contributed by atoms with E-state index in [1.807, 2.05) is 13.8 Å². The van der Waals surface area contributed by atoms with Gasteiger partial charge in [-0.05, 0) is 12.8 Å². The molecule has 0 fully saturated rings. The Morgan fingerprint density at radius 3 is 2.50 bits per heavy atom. The Balaban J connectivity index is 4.06. The predicted octanol–water partition coefficient (Wildman–Crippen LogP) is 0.535. The molecule has 5 nitrogen and oxygen atoms in total. The SMILES string of the molecule is CC(N)=NCCSC[C@@](N)(C(=O)O)C(C)C. The smallest absolute Gasteiger partial charge is 0.324 e. The van der Waals surface area contributed by atoms with Gasteiger partial charge >= 0.3 is 5.97 Å². The molecule has 0 rings (SSSR count). The maximum absolute atomic E-state index is 11.0. The average molecular weight is 247 g/mol. The van der Waals surface area contributed by atoms with E-state index in [0.29, 0.717) is 18.1 Å². The van der Waals surface area contributed by atoms with E-state index in [1.54, 1.807) is 6.92 Å². The van der Waals surface area contributed by atoms with E-state index in [4.69, 9.17) is 16.6 Å². The minimum atomic E-state index is -1.16. The normalized spacial score (nSPS) is 16.2. The van der Waals surface area contributed by atoms with Gasteiger partial charge in [-0.25, -0.2) is 0 Å². The molecule has 0 saturated heterocycles. The Bertz CT molecular complexity index is 265. The fourth-order valence-corrected chi connectivity index (χ4v) is 2.16. The van der Waals surface area contributed by atoms with Crippen molar-refractivity contribution in [3.8, 4) is 0 Å². The van der Waals surface area contributed by atoms with Crippen LogP contribution in [0.1, 0.15) is 20.8 Å². The highest BCUT2D eigenvalue weighted by atomic mass is 32.2. The molecule has 94 valence electrons. The molecule has 0 aromatic heterocycles. The number of thioether (sulfide) groups is 1. The second-order valence-corrected chi connectivity index (χ2v) is 5.18. The van der Waals surface area contributed by atoms with Crippen molar-refractivity contribution in [3.63, 3.8) is 0 Å². The standard InChI is InChI=1S/C10H21N3O2S/c1-7(2)10(12,9(14)15)6-16-5-4-13-8(3)11/h7H,4-6,12H2,1-3H3,(H2,11,13)(H,14,15)/t10-/m0/s1. The van der Waals surface area contributed by atoms with Gasteiger partial charge in [0.15, 0.2) is 0 Å². The third kappa shape index (κ3) is 4.85. The molecule has 0 bridgehead atoms. The van der Waals surface area contributed by atoms with Crippen LogP contribution in [0.5, 0.6) is 0 Å². The van der Waals surface area contributed by atoms with Crippen molar-refractivity contribution in [2.24, 2.45) is 22.4 Å². The number of carbonyl (C=O) groups is 1. The largest absolute Gasteiger partial charge is 0.480 e. The minimum absolute atomic E-state index is 0.0998. The zero-order chi connectivity index (χ0) is 12.8. The van der Waals surface area contributed by atoms with Gasteiger partial charge in [-0.3, -0.25) is 9.79 Å². The number of carboxylic acids is 1. The summed E-state index contributed by atoms with van der Waals surface area (Å²) in [5.74, 6) is 0.611. The Morgan fingerprint density at radius 1 is 1.56 bits per heavy atom. The van der Waals surface area contributed by atoms with E-state index in [0.717, 1.165) is 5.75 Å². The van der Waals surface area contributed by atoms with E-state index >= 15 is 0 Å². The lowest BCUT2D eigenvalue weighted by Gasteiger charge is -2.28. The topological polar surface area (TPSA) is 102 Å². The van der Waals surface area contributed by atoms with E-state index in [1.165, 1.54) is 11.8 Å². The third-order valence-corrected chi connectivity index (χ3v) is 3.52. The molecule has 0 radical (unpaired) electrons. The lowest BCUT2D eigenvalue weighted by molar-refractivity contribution is -0.144. The molecule has 0 spiro atoms. The van der Waals surface area contributed by atoms with Gasteiger partial charge in [-0.1, -0.05) is 13.8 Å². The molecule has 0 heterocycles. The molecule has 6 heteroatoms. The Morgan fingerprint density at radius 2 is 2.12 bits per heavy atom. The van der Waals surface area contributed by atoms with Crippen LogP contribution in [0, 0.1) is 5.92 Å². The van der Waals surface area contributed by atoms with Crippen LogP contribution in [0.2, 0.25) is 0 Å². The highest BCUT2D eigenvalue weighted by Gasteiger charge is 2.37.